The first-order valence-electron chi connectivity index (χ1n) is 9.57. The summed E-state index contributed by atoms with van der Waals surface area (Å²) < 4.78 is 8.36. The molecular formula is C23H26BrNO2. The van der Waals surface area contributed by atoms with E-state index in [4.69, 9.17) is 4.74 Å². The normalized spacial score (nSPS) is 11.1. The van der Waals surface area contributed by atoms with Gasteiger partial charge >= 0.3 is 5.97 Å². The SMILES string of the molecule is CCCCc1cn(CCCc2ccccc2Br)c2cc(C(=O)OC)ccc12. The van der Waals surface area contributed by atoms with Crippen molar-refractivity contribution < 1.29 is 9.53 Å². The molecule has 4 heteroatoms. The fourth-order valence-corrected chi connectivity index (χ4v) is 3.99. The molecule has 0 fully saturated rings. The highest BCUT2D eigenvalue weighted by Crippen LogP contribution is 2.26. The number of fused-ring (bicyclic) bond motifs is 1. The monoisotopic (exact) mass is 427 g/mol. The Morgan fingerprint density at radius 3 is 2.59 bits per heavy atom. The van der Waals surface area contributed by atoms with Crippen LogP contribution in [-0.4, -0.2) is 17.6 Å². The Morgan fingerprint density at radius 1 is 1.07 bits per heavy atom. The van der Waals surface area contributed by atoms with Crippen LogP contribution in [-0.2, 0) is 24.1 Å². The molecule has 0 radical (unpaired) electrons. The first-order valence-corrected chi connectivity index (χ1v) is 10.4. The van der Waals surface area contributed by atoms with Gasteiger partial charge in [-0.1, -0.05) is 53.5 Å². The van der Waals surface area contributed by atoms with Crippen molar-refractivity contribution in [2.75, 3.05) is 7.11 Å². The molecular weight excluding hydrogens is 402 g/mol. The van der Waals surface area contributed by atoms with Gasteiger partial charge in [-0.05, 0) is 55.0 Å². The smallest absolute Gasteiger partial charge is 0.337 e. The van der Waals surface area contributed by atoms with Gasteiger partial charge in [0.2, 0.25) is 0 Å². The van der Waals surface area contributed by atoms with E-state index in [0.29, 0.717) is 5.56 Å². The number of carbonyl (C=O) groups is 1. The molecule has 0 aliphatic carbocycles. The molecule has 1 aromatic heterocycles. The van der Waals surface area contributed by atoms with E-state index in [2.05, 4.69) is 57.9 Å². The number of aryl methyl sites for hydroxylation is 3. The van der Waals surface area contributed by atoms with Crippen LogP contribution in [0.1, 0.15) is 47.7 Å². The number of hydrogen-bond donors (Lipinski definition) is 0. The van der Waals surface area contributed by atoms with Gasteiger partial charge in [0.25, 0.3) is 0 Å². The predicted octanol–water partition coefficient (Wildman–Crippen LogP) is 6.17. The Balaban J connectivity index is 1.85. The lowest BCUT2D eigenvalue weighted by atomic mass is 10.1. The molecule has 0 aliphatic heterocycles. The van der Waals surface area contributed by atoms with Gasteiger partial charge in [-0.3, -0.25) is 0 Å². The van der Waals surface area contributed by atoms with Crippen molar-refractivity contribution in [3.05, 3.63) is 69.8 Å². The summed E-state index contributed by atoms with van der Waals surface area (Å²) in [5.41, 5.74) is 4.42. The first-order chi connectivity index (χ1) is 13.1. The Hall–Kier alpha value is -2.07. The van der Waals surface area contributed by atoms with E-state index in [1.807, 2.05) is 18.2 Å². The molecule has 1 heterocycles. The number of aromatic nitrogens is 1. The minimum Gasteiger partial charge on any atom is -0.465 e. The third kappa shape index (κ3) is 4.62. The number of rotatable bonds is 8. The van der Waals surface area contributed by atoms with Crippen LogP contribution in [0.3, 0.4) is 0 Å². The van der Waals surface area contributed by atoms with Crippen LogP contribution in [0.5, 0.6) is 0 Å². The van der Waals surface area contributed by atoms with Crippen LogP contribution in [0, 0.1) is 0 Å². The van der Waals surface area contributed by atoms with Crippen molar-refractivity contribution in [3.63, 3.8) is 0 Å². The van der Waals surface area contributed by atoms with Gasteiger partial charge in [-0.15, -0.1) is 0 Å². The van der Waals surface area contributed by atoms with Crippen molar-refractivity contribution in [1.29, 1.82) is 0 Å². The lowest BCUT2D eigenvalue weighted by Gasteiger charge is -2.08. The van der Waals surface area contributed by atoms with Crippen molar-refractivity contribution in [2.45, 2.75) is 45.6 Å². The van der Waals surface area contributed by atoms with E-state index in [1.54, 1.807) is 0 Å². The van der Waals surface area contributed by atoms with Gasteiger partial charge in [-0.2, -0.15) is 0 Å². The summed E-state index contributed by atoms with van der Waals surface area (Å²) in [6.45, 7) is 3.14. The summed E-state index contributed by atoms with van der Waals surface area (Å²) in [5, 5.41) is 1.25. The van der Waals surface area contributed by atoms with Crippen molar-refractivity contribution in [3.8, 4) is 0 Å². The number of benzene rings is 2. The van der Waals surface area contributed by atoms with E-state index < -0.39 is 0 Å². The molecule has 3 aromatic rings. The molecule has 0 aliphatic rings. The molecule has 0 unspecified atom stereocenters. The second-order valence-corrected chi connectivity index (χ2v) is 7.72. The summed E-state index contributed by atoms with van der Waals surface area (Å²) in [7, 11) is 1.43. The number of methoxy groups -OCH3 is 1. The molecule has 0 saturated carbocycles. The van der Waals surface area contributed by atoms with Gasteiger partial charge < -0.3 is 9.30 Å². The Labute approximate surface area is 169 Å². The number of hydrogen-bond acceptors (Lipinski definition) is 2. The minimum atomic E-state index is -0.284. The van der Waals surface area contributed by atoms with E-state index in [1.165, 1.54) is 40.9 Å². The molecule has 0 amide bonds. The summed E-state index contributed by atoms with van der Waals surface area (Å²) >= 11 is 3.63. The highest BCUT2D eigenvalue weighted by molar-refractivity contribution is 9.10. The molecule has 0 atom stereocenters. The zero-order valence-corrected chi connectivity index (χ0v) is 17.6. The summed E-state index contributed by atoms with van der Waals surface area (Å²) in [6, 6.07) is 14.3. The largest absolute Gasteiger partial charge is 0.465 e. The third-order valence-electron chi connectivity index (χ3n) is 4.99. The van der Waals surface area contributed by atoms with Crippen molar-refractivity contribution in [1.82, 2.24) is 4.57 Å². The summed E-state index contributed by atoms with van der Waals surface area (Å²) in [6.07, 6.45) is 7.75. The highest BCUT2D eigenvalue weighted by Gasteiger charge is 2.12. The molecule has 142 valence electrons. The summed E-state index contributed by atoms with van der Waals surface area (Å²) in [4.78, 5) is 11.9. The number of unbranched alkanes of at least 4 members (excludes halogenated alkanes) is 1. The fourth-order valence-electron chi connectivity index (χ4n) is 3.51. The van der Waals surface area contributed by atoms with Gasteiger partial charge in [-0.25, -0.2) is 4.79 Å². The number of esters is 1. The van der Waals surface area contributed by atoms with Gasteiger partial charge in [0, 0.05) is 28.1 Å². The lowest BCUT2D eigenvalue weighted by Crippen LogP contribution is -2.02. The number of nitrogens with zero attached hydrogens (tertiary/aromatic N) is 1. The molecule has 3 nitrogen and oxygen atoms in total. The maximum absolute atomic E-state index is 11.9. The number of carbonyl (C=O) groups excluding carboxylic acids is 1. The van der Waals surface area contributed by atoms with Gasteiger partial charge in [0.15, 0.2) is 0 Å². The molecule has 27 heavy (non-hydrogen) atoms. The topological polar surface area (TPSA) is 31.2 Å². The first kappa shape index (κ1) is 19.7. The molecule has 0 saturated heterocycles. The van der Waals surface area contributed by atoms with Crippen LogP contribution in [0.2, 0.25) is 0 Å². The molecule has 0 bridgehead atoms. The highest BCUT2D eigenvalue weighted by atomic mass is 79.9. The molecule has 0 N–H and O–H groups in total. The van der Waals surface area contributed by atoms with Crippen molar-refractivity contribution >= 4 is 32.8 Å². The molecule has 3 rings (SSSR count). The maximum atomic E-state index is 11.9. The average Bonchev–Trinajstić information content (AvgIpc) is 3.04. The molecule has 2 aromatic carbocycles. The van der Waals surface area contributed by atoms with Crippen LogP contribution < -0.4 is 0 Å². The average molecular weight is 428 g/mol. The Bertz CT molecular complexity index is 929. The second-order valence-electron chi connectivity index (χ2n) is 6.87. The lowest BCUT2D eigenvalue weighted by molar-refractivity contribution is 0.0601. The van der Waals surface area contributed by atoms with Crippen molar-refractivity contribution in [2.24, 2.45) is 0 Å². The maximum Gasteiger partial charge on any atom is 0.337 e. The van der Waals surface area contributed by atoms with E-state index in [0.717, 1.165) is 31.3 Å². The number of ether oxygens (including phenoxy) is 1. The zero-order chi connectivity index (χ0) is 19.2. The predicted molar refractivity (Wildman–Crippen MR) is 114 cm³/mol. The Kier molecular flexibility index (Phi) is 6.73. The summed E-state index contributed by atoms with van der Waals surface area (Å²) in [5.74, 6) is -0.284. The zero-order valence-electron chi connectivity index (χ0n) is 16.0. The Morgan fingerprint density at radius 2 is 1.85 bits per heavy atom. The van der Waals surface area contributed by atoms with Crippen LogP contribution in [0.4, 0.5) is 0 Å². The van der Waals surface area contributed by atoms with Crippen LogP contribution >= 0.6 is 15.9 Å². The van der Waals surface area contributed by atoms with Crippen LogP contribution in [0.15, 0.2) is 53.1 Å². The molecule has 0 spiro atoms. The van der Waals surface area contributed by atoms with E-state index >= 15 is 0 Å². The van der Waals surface area contributed by atoms with Crippen LogP contribution in [0.25, 0.3) is 10.9 Å². The van der Waals surface area contributed by atoms with Gasteiger partial charge in [0.05, 0.1) is 12.7 Å². The standard InChI is InChI=1S/C23H26BrNO2/c1-3-4-8-19-16-25(14-7-10-17-9-5-6-11-21(17)24)22-15-18(23(26)27-2)12-13-20(19)22/h5-6,9,11-13,15-16H,3-4,7-8,10,14H2,1-2H3. The fraction of sp³-hybridized carbons (Fsp3) is 0.348. The van der Waals surface area contributed by atoms with Gasteiger partial charge in [0.1, 0.15) is 0 Å². The minimum absolute atomic E-state index is 0.284. The van der Waals surface area contributed by atoms with E-state index in [-0.39, 0.29) is 5.97 Å². The number of halogens is 1. The quantitative estimate of drug-likeness (QED) is 0.402. The third-order valence-corrected chi connectivity index (χ3v) is 5.76. The second kappa shape index (κ2) is 9.23. The van der Waals surface area contributed by atoms with E-state index in [9.17, 15) is 4.79 Å².